The molecule has 0 aliphatic carbocycles. The molecule has 6 heteroatoms. The second-order valence-corrected chi connectivity index (χ2v) is 6.32. The van der Waals surface area contributed by atoms with Crippen molar-refractivity contribution >= 4 is 26.6 Å². The van der Waals surface area contributed by atoms with Gasteiger partial charge < -0.3 is 4.90 Å². The van der Waals surface area contributed by atoms with Crippen LogP contribution in [0, 0.1) is 11.3 Å². The van der Waals surface area contributed by atoms with Crippen LogP contribution in [0.3, 0.4) is 0 Å². The van der Waals surface area contributed by atoms with Gasteiger partial charge in [0, 0.05) is 23.5 Å². The molecule has 147 valence electrons. The first-order valence-electron chi connectivity index (χ1n) is 8.92. The summed E-state index contributed by atoms with van der Waals surface area (Å²) >= 11 is 3.66. The molecule has 0 saturated carbocycles. The van der Waals surface area contributed by atoms with Crippen LogP contribution >= 0.6 is 10.1 Å². The Balaban J connectivity index is 0.00000117. The van der Waals surface area contributed by atoms with Gasteiger partial charge in [0.15, 0.2) is 0 Å². The molecule has 0 amide bonds. The van der Waals surface area contributed by atoms with Gasteiger partial charge in [-0.1, -0.05) is 30.3 Å². The van der Waals surface area contributed by atoms with Crippen LogP contribution in [0.2, 0.25) is 0 Å². The molecule has 0 bridgehead atoms. The van der Waals surface area contributed by atoms with Crippen LogP contribution in [0.15, 0.2) is 85.2 Å². The van der Waals surface area contributed by atoms with Crippen molar-refractivity contribution in [3.63, 3.8) is 0 Å². The first-order chi connectivity index (χ1) is 14.3. The van der Waals surface area contributed by atoms with Crippen molar-refractivity contribution in [2.45, 2.75) is 13.1 Å². The zero-order valence-electron chi connectivity index (χ0n) is 15.5. The predicted octanol–water partition coefficient (Wildman–Crippen LogP) is 5.40. The first-order valence-corrected chi connectivity index (χ1v) is 10.2. The third kappa shape index (κ3) is 5.34. The Morgan fingerprint density at radius 1 is 0.828 bits per heavy atom. The van der Waals surface area contributed by atoms with E-state index in [-0.39, 0.29) is 0 Å². The fourth-order valence-corrected chi connectivity index (χ4v) is 3.21. The van der Waals surface area contributed by atoms with Crippen LogP contribution in [0.25, 0.3) is 10.8 Å². The number of nitrogens with zero attached hydrogens (tertiary/aromatic N) is 4. The van der Waals surface area contributed by atoms with E-state index >= 15 is 0 Å². The number of fused-ring (bicyclic) bond motifs is 1. The Kier molecular flexibility index (Phi) is 7.61. The van der Waals surface area contributed by atoms with Crippen molar-refractivity contribution in [1.29, 1.82) is 5.26 Å². The van der Waals surface area contributed by atoms with Gasteiger partial charge in [0.05, 0.1) is 36.1 Å². The Labute approximate surface area is 182 Å². The summed E-state index contributed by atoms with van der Waals surface area (Å²) in [6.45, 7) is 1.35. The number of rotatable bonds is 5. The normalized spacial score (nSPS) is 10.0. The number of pyridine rings is 2. The Bertz CT molecular complexity index is 1060. The molecular weight excluding hydrogens is 431 g/mol. The van der Waals surface area contributed by atoms with E-state index in [0.717, 1.165) is 27.8 Å². The zero-order chi connectivity index (χ0) is 20.5. The van der Waals surface area contributed by atoms with Crippen LogP contribution in [0.4, 0.5) is 5.69 Å². The standard InChI is InChI=1S/C23H18N4.ClH.Cu/c24-15-18-10-11-22-19(14-18)6-5-9-23(22)27(16-20-7-1-3-12-25-20)17-21-8-2-4-13-26-21;;/h1-14H,16-17H2;1H;/q;;+2/p-1. The van der Waals surface area contributed by atoms with E-state index in [4.69, 9.17) is 0 Å². The molecule has 0 fully saturated rings. The van der Waals surface area contributed by atoms with Gasteiger partial charge in [-0.05, 0) is 47.9 Å². The number of anilines is 1. The fraction of sp³-hybridized carbons (Fsp3) is 0.0870. The third-order valence-corrected chi connectivity index (χ3v) is 4.49. The summed E-state index contributed by atoms with van der Waals surface area (Å²) < 4.78 is 0. The van der Waals surface area contributed by atoms with E-state index in [9.17, 15) is 5.26 Å². The van der Waals surface area contributed by atoms with Gasteiger partial charge in [0.25, 0.3) is 0 Å². The summed E-state index contributed by atoms with van der Waals surface area (Å²) in [7, 11) is 4.20. The van der Waals surface area contributed by atoms with Crippen LogP contribution in [-0.2, 0) is 28.2 Å². The third-order valence-electron chi connectivity index (χ3n) is 4.49. The monoisotopic (exact) mass is 448 g/mol. The molecule has 29 heavy (non-hydrogen) atoms. The molecule has 2 aromatic heterocycles. The van der Waals surface area contributed by atoms with Gasteiger partial charge in [0.1, 0.15) is 0 Å². The summed E-state index contributed by atoms with van der Waals surface area (Å²) in [5.41, 5.74) is 3.77. The van der Waals surface area contributed by atoms with Gasteiger partial charge in [-0.2, -0.15) is 5.26 Å². The SMILES string of the molecule is N#Cc1ccc2c(N(Cc3ccccn3)Cc3ccccn3)cccc2c1.[Cl][Cu+]. The van der Waals surface area contributed by atoms with Crippen molar-refractivity contribution in [3.8, 4) is 6.07 Å². The fourth-order valence-electron chi connectivity index (χ4n) is 3.21. The second kappa shape index (κ2) is 10.6. The Morgan fingerprint density at radius 3 is 2.03 bits per heavy atom. The van der Waals surface area contributed by atoms with Gasteiger partial charge in [0.2, 0.25) is 0 Å². The summed E-state index contributed by atoms with van der Waals surface area (Å²) in [6, 6.07) is 26.1. The van der Waals surface area contributed by atoms with E-state index in [0.29, 0.717) is 18.7 Å². The quantitative estimate of drug-likeness (QED) is 0.383. The van der Waals surface area contributed by atoms with Crippen molar-refractivity contribution in [2.75, 3.05) is 4.90 Å². The molecule has 4 aromatic rings. The molecular formula is C23H18ClCuN4+. The van der Waals surface area contributed by atoms with Crippen molar-refractivity contribution < 1.29 is 15.1 Å². The molecule has 0 N–H and O–H groups in total. The van der Waals surface area contributed by atoms with Crippen LogP contribution in [0.1, 0.15) is 17.0 Å². The molecule has 4 nitrogen and oxygen atoms in total. The van der Waals surface area contributed by atoms with E-state index in [1.807, 2.05) is 79.1 Å². The van der Waals surface area contributed by atoms with E-state index in [2.05, 4.69) is 52.2 Å². The molecule has 4 rings (SSSR count). The molecule has 0 saturated heterocycles. The number of halogens is 1. The molecule has 0 unspecified atom stereocenters. The van der Waals surface area contributed by atoms with E-state index < -0.39 is 0 Å². The number of nitriles is 1. The summed E-state index contributed by atoms with van der Waals surface area (Å²) in [4.78, 5) is 11.3. The summed E-state index contributed by atoms with van der Waals surface area (Å²) in [5, 5.41) is 11.4. The molecule has 0 aliphatic rings. The summed E-state index contributed by atoms with van der Waals surface area (Å²) in [6.07, 6.45) is 3.63. The van der Waals surface area contributed by atoms with Crippen LogP contribution in [0.5, 0.6) is 0 Å². The summed E-state index contributed by atoms with van der Waals surface area (Å²) in [5.74, 6) is 0. The minimum atomic E-state index is 0.667. The number of benzene rings is 2. The Hall–Kier alpha value is -2.90. The molecule has 0 atom stereocenters. The van der Waals surface area contributed by atoms with Crippen molar-refractivity contribution in [2.24, 2.45) is 0 Å². The average molecular weight is 449 g/mol. The number of hydrogen-bond acceptors (Lipinski definition) is 4. The van der Waals surface area contributed by atoms with Gasteiger partial charge in [-0.15, -0.1) is 0 Å². The van der Waals surface area contributed by atoms with Gasteiger partial charge in [-0.3, -0.25) is 9.97 Å². The maximum atomic E-state index is 9.19. The predicted molar refractivity (Wildman–Crippen MR) is 113 cm³/mol. The van der Waals surface area contributed by atoms with Gasteiger partial charge >= 0.3 is 25.2 Å². The maximum absolute atomic E-state index is 9.19. The van der Waals surface area contributed by atoms with Crippen LogP contribution in [-0.4, -0.2) is 9.97 Å². The first kappa shape index (κ1) is 20.8. The topological polar surface area (TPSA) is 52.8 Å². The average Bonchev–Trinajstić information content (AvgIpc) is 2.80. The van der Waals surface area contributed by atoms with Crippen molar-refractivity contribution in [1.82, 2.24) is 9.97 Å². The molecule has 0 aliphatic heterocycles. The molecule has 0 spiro atoms. The van der Waals surface area contributed by atoms with E-state index in [1.54, 1.807) is 0 Å². The second-order valence-electron chi connectivity index (χ2n) is 6.32. The molecule has 2 aromatic carbocycles. The van der Waals surface area contributed by atoms with E-state index in [1.165, 1.54) is 0 Å². The van der Waals surface area contributed by atoms with Crippen molar-refractivity contribution in [3.05, 3.63) is 102 Å². The minimum absolute atomic E-state index is 0.667. The zero-order valence-corrected chi connectivity index (χ0v) is 17.2. The van der Waals surface area contributed by atoms with Crippen LogP contribution < -0.4 is 4.90 Å². The molecule has 2 heterocycles. The number of hydrogen-bond donors (Lipinski definition) is 0. The van der Waals surface area contributed by atoms with Gasteiger partial charge in [-0.25, -0.2) is 0 Å². The molecule has 0 radical (unpaired) electrons. The Morgan fingerprint density at radius 2 is 1.48 bits per heavy atom. The number of aromatic nitrogens is 2.